The second-order valence-corrected chi connectivity index (χ2v) is 3.71. The predicted octanol–water partition coefficient (Wildman–Crippen LogP) is 2.19. The molecule has 1 unspecified atom stereocenters. The van der Waals surface area contributed by atoms with Gasteiger partial charge in [0, 0.05) is 22.9 Å². The van der Waals surface area contributed by atoms with E-state index in [0.29, 0.717) is 0 Å². The molecule has 0 amide bonds. The molecule has 0 fully saturated rings. The number of benzene rings is 1. The van der Waals surface area contributed by atoms with Gasteiger partial charge in [-0.2, -0.15) is 0 Å². The molecular formula is C8H8NS. The van der Waals surface area contributed by atoms with Crippen molar-refractivity contribution in [2.24, 2.45) is 4.40 Å². The number of rotatable bonds is 0. The van der Waals surface area contributed by atoms with E-state index in [4.69, 9.17) is 0 Å². The van der Waals surface area contributed by atoms with E-state index in [2.05, 4.69) is 22.8 Å². The van der Waals surface area contributed by atoms with Crippen LogP contribution in [0.15, 0.2) is 33.6 Å². The molecule has 1 aromatic rings. The SMILES string of the molecule is [CH2][SH]1N=Cc2ccccc21. The fourth-order valence-electron chi connectivity index (χ4n) is 1.03. The highest BCUT2D eigenvalue weighted by Gasteiger charge is 2.08. The summed E-state index contributed by atoms with van der Waals surface area (Å²) in [6.07, 6.45) is 5.86. The number of nitrogens with zero attached hydrogens (tertiary/aromatic N) is 1. The lowest BCUT2D eigenvalue weighted by molar-refractivity contribution is 1.45. The van der Waals surface area contributed by atoms with Crippen molar-refractivity contribution in [2.75, 3.05) is 0 Å². The molecule has 1 nitrogen and oxygen atoms in total. The average molecular weight is 150 g/mol. The Hall–Kier alpha value is -0.760. The van der Waals surface area contributed by atoms with E-state index >= 15 is 0 Å². The number of thiol groups is 1. The number of hydrogen-bond acceptors (Lipinski definition) is 1. The highest BCUT2D eigenvalue weighted by molar-refractivity contribution is 8.17. The van der Waals surface area contributed by atoms with E-state index in [9.17, 15) is 0 Å². The second kappa shape index (κ2) is 2.13. The molecule has 1 heterocycles. The fourth-order valence-corrected chi connectivity index (χ4v) is 2.10. The standard InChI is InChI=1S/C8H8NS/c1-10-8-5-3-2-4-7(8)6-9-10/h2-6,10H,1H2. The van der Waals surface area contributed by atoms with Gasteiger partial charge in [-0.25, -0.2) is 4.40 Å². The lowest BCUT2D eigenvalue weighted by Gasteiger charge is -2.04. The summed E-state index contributed by atoms with van der Waals surface area (Å²) in [6.45, 7) is 0. The molecule has 0 saturated carbocycles. The Morgan fingerprint density at radius 1 is 1.30 bits per heavy atom. The molecule has 51 valence electrons. The third-order valence-electron chi connectivity index (χ3n) is 1.55. The molecule has 1 aliphatic heterocycles. The summed E-state index contributed by atoms with van der Waals surface area (Å²) in [5.41, 5.74) is 1.24. The van der Waals surface area contributed by atoms with Gasteiger partial charge in [0.15, 0.2) is 0 Å². The first-order valence-electron chi connectivity index (χ1n) is 3.11. The summed E-state index contributed by atoms with van der Waals surface area (Å²) < 4.78 is 4.23. The smallest absolute Gasteiger partial charge is 0.0417 e. The van der Waals surface area contributed by atoms with E-state index in [-0.39, 0.29) is 0 Å². The summed E-state index contributed by atoms with van der Waals surface area (Å²) in [5.74, 6) is 0. The van der Waals surface area contributed by atoms with E-state index in [0.717, 1.165) is 0 Å². The fraction of sp³-hybridized carbons (Fsp3) is 0. The highest BCUT2D eigenvalue weighted by Crippen LogP contribution is 2.41. The van der Waals surface area contributed by atoms with Crippen molar-refractivity contribution >= 4 is 17.3 Å². The molecule has 1 aromatic carbocycles. The van der Waals surface area contributed by atoms with E-state index in [1.807, 2.05) is 18.3 Å². The zero-order valence-corrected chi connectivity index (χ0v) is 6.38. The van der Waals surface area contributed by atoms with Crippen LogP contribution in [0.25, 0.3) is 0 Å². The minimum absolute atomic E-state index is 0.461. The predicted molar refractivity (Wildman–Crippen MR) is 46.6 cm³/mol. The summed E-state index contributed by atoms with van der Waals surface area (Å²) in [7, 11) is 0. The van der Waals surface area contributed by atoms with Gasteiger partial charge < -0.3 is 0 Å². The average Bonchev–Trinajstić information content (AvgIpc) is 2.34. The molecule has 2 heteroatoms. The lowest BCUT2D eigenvalue weighted by Crippen LogP contribution is -1.76. The molecule has 2 rings (SSSR count). The summed E-state index contributed by atoms with van der Waals surface area (Å²) >= 11 is -0.461. The molecule has 0 N–H and O–H groups in total. The maximum Gasteiger partial charge on any atom is 0.0417 e. The first-order valence-corrected chi connectivity index (χ1v) is 4.59. The van der Waals surface area contributed by atoms with Crippen molar-refractivity contribution in [3.63, 3.8) is 0 Å². The minimum Gasteiger partial charge on any atom is -0.243 e. The first-order chi connectivity index (χ1) is 4.88. The normalized spacial score (nSPS) is 24.7. The van der Waals surface area contributed by atoms with Crippen LogP contribution in [0.1, 0.15) is 5.56 Å². The first kappa shape index (κ1) is 5.98. The quantitative estimate of drug-likeness (QED) is 0.544. The molecular weight excluding hydrogens is 142 g/mol. The molecule has 0 bridgehead atoms. The molecule has 0 spiro atoms. The Labute approximate surface area is 63.3 Å². The number of fused-ring (bicyclic) bond motifs is 1. The maximum atomic E-state index is 4.23. The van der Waals surface area contributed by atoms with E-state index in [1.165, 1.54) is 10.5 Å². The monoisotopic (exact) mass is 150 g/mol. The molecule has 0 saturated heterocycles. The van der Waals surface area contributed by atoms with Crippen molar-refractivity contribution < 1.29 is 0 Å². The Kier molecular flexibility index (Phi) is 1.27. The number of hydrogen-bond donors (Lipinski definition) is 1. The largest absolute Gasteiger partial charge is 0.243 e. The van der Waals surface area contributed by atoms with Gasteiger partial charge in [0.2, 0.25) is 0 Å². The zero-order chi connectivity index (χ0) is 6.97. The van der Waals surface area contributed by atoms with Crippen LogP contribution in [0.2, 0.25) is 0 Å². The Balaban J connectivity index is 2.59. The summed E-state index contributed by atoms with van der Waals surface area (Å²) in [5, 5.41) is 0. The second-order valence-electron chi connectivity index (χ2n) is 2.20. The van der Waals surface area contributed by atoms with Crippen LogP contribution in [-0.2, 0) is 0 Å². The molecule has 1 atom stereocenters. The van der Waals surface area contributed by atoms with Crippen LogP contribution >= 0.6 is 11.1 Å². The van der Waals surface area contributed by atoms with E-state index in [1.54, 1.807) is 0 Å². The minimum atomic E-state index is -0.461. The van der Waals surface area contributed by atoms with Crippen LogP contribution in [0, 0.1) is 6.26 Å². The third-order valence-corrected chi connectivity index (χ3v) is 2.91. The van der Waals surface area contributed by atoms with Gasteiger partial charge in [0.25, 0.3) is 0 Å². The summed E-state index contributed by atoms with van der Waals surface area (Å²) in [6, 6.07) is 8.24. The molecule has 0 aromatic heterocycles. The lowest BCUT2D eigenvalue weighted by atomic mass is 10.2. The van der Waals surface area contributed by atoms with Crippen LogP contribution in [0.5, 0.6) is 0 Å². The van der Waals surface area contributed by atoms with Gasteiger partial charge in [0.1, 0.15) is 0 Å². The van der Waals surface area contributed by atoms with Gasteiger partial charge in [-0.3, -0.25) is 0 Å². The van der Waals surface area contributed by atoms with Crippen LogP contribution in [-0.4, -0.2) is 6.21 Å². The van der Waals surface area contributed by atoms with Crippen molar-refractivity contribution in [3.8, 4) is 0 Å². The molecule has 1 aliphatic rings. The molecule has 1 radical (unpaired) electrons. The van der Waals surface area contributed by atoms with Gasteiger partial charge >= 0.3 is 0 Å². The van der Waals surface area contributed by atoms with Crippen LogP contribution in [0.4, 0.5) is 0 Å². The highest BCUT2D eigenvalue weighted by atomic mass is 32.2. The zero-order valence-electron chi connectivity index (χ0n) is 5.49. The third kappa shape index (κ3) is 0.762. The summed E-state index contributed by atoms with van der Waals surface area (Å²) in [4.78, 5) is 1.30. The topological polar surface area (TPSA) is 12.4 Å². The maximum absolute atomic E-state index is 4.23. The van der Waals surface area contributed by atoms with Crippen molar-refractivity contribution in [1.29, 1.82) is 0 Å². The van der Waals surface area contributed by atoms with Gasteiger partial charge in [-0.05, 0) is 6.07 Å². The van der Waals surface area contributed by atoms with Crippen molar-refractivity contribution in [3.05, 3.63) is 36.1 Å². The van der Waals surface area contributed by atoms with Crippen molar-refractivity contribution in [2.45, 2.75) is 4.90 Å². The van der Waals surface area contributed by atoms with Gasteiger partial charge in [-0.1, -0.05) is 18.2 Å². The van der Waals surface area contributed by atoms with Gasteiger partial charge in [0.05, 0.1) is 0 Å². The molecule has 0 aliphatic carbocycles. The van der Waals surface area contributed by atoms with Crippen LogP contribution < -0.4 is 0 Å². The van der Waals surface area contributed by atoms with Gasteiger partial charge in [-0.15, -0.1) is 11.1 Å². The molecule has 10 heavy (non-hydrogen) atoms. The van der Waals surface area contributed by atoms with E-state index < -0.39 is 11.1 Å². The van der Waals surface area contributed by atoms with Crippen molar-refractivity contribution in [1.82, 2.24) is 0 Å². The van der Waals surface area contributed by atoms with Crippen LogP contribution in [0.3, 0.4) is 0 Å². The Morgan fingerprint density at radius 3 is 2.90 bits per heavy atom. The Bertz CT molecular complexity index is 280. The Morgan fingerprint density at radius 2 is 2.10 bits per heavy atom.